The fourth-order valence-corrected chi connectivity index (χ4v) is 2.52. The van der Waals surface area contributed by atoms with Gasteiger partial charge in [-0.3, -0.25) is 4.90 Å². The predicted octanol–water partition coefficient (Wildman–Crippen LogP) is 0.750. The molecule has 1 aliphatic heterocycles. The van der Waals surface area contributed by atoms with E-state index in [1.54, 1.807) is 6.26 Å². The third-order valence-electron chi connectivity index (χ3n) is 3.45. The van der Waals surface area contributed by atoms with Crippen molar-refractivity contribution in [2.75, 3.05) is 19.8 Å². The van der Waals surface area contributed by atoms with Crippen molar-refractivity contribution in [3.63, 3.8) is 0 Å². The first-order valence-electron chi connectivity index (χ1n) is 6.40. The van der Waals surface area contributed by atoms with Crippen LogP contribution in [0.25, 0.3) is 0 Å². The molecule has 0 amide bonds. The van der Waals surface area contributed by atoms with Crippen LogP contribution in [0.3, 0.4) is 0 Å². The third kappa shape index (κ3) is 2.75. The Balaban J connectivity index is 2.19. The molecule has 1 fully saturated rings. The second-order valence-corrected chi connectivity index (χ2v) is 5.00. The Hall–Kier alpha value is -0.880. The van der Waals surface area contributed by atoms with Gasteiger partial charge in [0.25, 0.3) is 0 Å². The Morgan fingerprint density at radius 3 is 2.94 bits per heavy atom. The third-order valence-corrected chi connectivity index (χ3v) is 3.45. The Kier molecular flexibility index (Phi) is 4.40. The summed E-state index contributed by atoms with van der Waals surface area (Å²) in [5.74, 6) is 0.871. The van der Waals surface area contributed by atoms with Gasteiger partial charge in [0, 0.05) is 18.6 Å². The average molecular weight is 254 g/mol. The Morgan fingerprint density at radius 1 is 1.61 bits per heavy atom. The number of rotatable bonds is 4. The SMILES string of the molecule is CC(N)C(c1ccco1)N1CC(CO)OCC1C. The van der Waals surface area contributed by atoms with Crippen LogP contribution in [0.1, 0.15) is 25.6 Å². The normalized spacial score (nSPS) is 29.1. The van der Waals surface area contributed by atoms with E-state index in [1.807, 2.05) is 19.1 Å². The number of hydrogen-bond donors (Lipinski definition) is 2. The highest BCUT2D eigenvalue weighted by molar-refractivity contribution is 5.08. The van der Waals surface area contributed by atoms with Crippen molar-refractivity contribution in [2.45, 2.75) is 38.1 Å². The van der Waals surface area contributed by atoms with E-state index in [0.29, 0.717) is 13.2 Å². The smallest absolute Gasteiger partial charge is 0.122 e. The largest absolute Gasteiger partial charge is 0.468 e. The second kappa shape index (κ2) is 5.84. The minimum absolute atomic E-state index is 0.0212. The van der Waals surface area contributed by atoms with Gasteiger partial charge in [0.05, 0.1) is 31.6 Å². The van der Waals surface area contributed by atoms with Crippen LogP contribution in [0.5, 0.6) is 0 Å². The van der Waals surface area contributed by atoms with Gasteiger partial charge < -0.3 is 20.0 Å². The number of furan rings is 1. The molecule has 0 spiro atoms. The highest BCUT2D eigenvalue weighted by Gasteiger charge is 2.35. The summed E-state index contributed by atoms with van der Waals surface area (Å²) in [6.07, 6.45) is 1.52. The molecule has 102 valence electrons. The molecule has 0 aromatic carbocycles. The van der Waals surface area contributed by atoms with Crippen molar-refractivity contribution in [1.29, 1.82) is 0 Å². The Morgan fingerprint density at radius 2 is 2.39 bits per heavy atom. The number of hydrogen-bond acceptors (Lipinski definition) is 5. The number of aliphatic hydroxyl groups is 1. The average Bonchev–Trinajstić information content (AvgIpc) is 2.85. The first-order valence-corrected chi connectivity index (χ1v) is 6.40. The molecule has 1 aliphatic rings. The highest BCUT2D eigenvalue weighted by Crippen LogP contribution is 2.28. The van der Waals surface area contributed by atoms with Crippen molar-refractivity contribution in [3.8, 4) is 0 Å². The van der Waals surface area contributed by atoms with Gasteiger partial charge in [-0.15, -0.1) is 0 Å². The van der Waals surface area contributed by atoms with Gasteiger partial charge in [0.2, 0.25) is 0 Å². The summed E-state index contributed by atoms with van der Waals surface area (Å²) < 4.78 is 11.1. The molecule has 2 heterocycles. The van der Waals surface area contributed by atoms with Gasteiger partial charge in [-0.05, 0) is 26.0 Å². The van der Waals surface area contributed by atoms with E-state index in [9.17, 15) is 5.11 Å². The molecular weight excluding hydrogens is 232 g/mol. The number of nitrogens with two attached hydrogens (primary N) is 1. The lowest BCUT2D eigenvalue weighted by Crippen LogP contribution is -2.53. The van der Waals surface area contributed by atoms with E-state index in [1.165, 1.54) is 0 Å². The molecule has 18 heavy (non-hydrogen) atoms. The minimum atomic E-state index is -0.141. The summed E-state index contributed by atoms with van der Waals surface area (Å²) in [5, 5.41) is 9.24. The quantitative estimate of drug-likeness (QED) is 0.829. The van der Waals surface area contributed by atoms with Crippen LogP contribution < -0.4 is 5.73 Å². The van der Waals surface area contributed by atoms with Crippen molar-refractivity contribution >= 4 is 0 Å². The van der Waals surface area contributed by atoms with E-state index in [0.717, 1.165) is 5.76 Å². The molecule has 5 nitrogen and oxygen atoms in total. The number of morpholine rings is 1. The summed E-state index contributed by atoms with van der Waals surface area (Å²) in [7, 11) is 0. The Labute approximate surface area is 108 Å². The lowest BCUT2D eigenvalue weighted by Gasteiger charge is -2.42. The van der Waals surface area contributed by atoms with Crippen molar-refractivity contribution in [1.82, 2.24) is 4.90 Å². The maximum Gasteiger partial charge on any atom is 0.122 e. The van der Waals surface area contributed by atoms with Crippen LogP contribution in [0.4, 0.5) is 0 Å². The monoisotopic (exact) mass is 254 g/mol. The van der Waals surface area contributed by atoms with Crippen molar-refractivity contribution < 1.29 is 14.3 Å². The van der Waals surface area contributed by atoms with Crippen LogP contribution in [0.2, 0.25) is 0 Å². The summed E-state index contributed by atoms with van der Waals surface area (Å²) in [5.41, 5.74) is 6.10. The summed E-state index contributed by atoms with van der Waals surface area (Å²) >= 11 is 0. The van der Waals surface area contributed by atoms with Gasteiger partial charge in [0.15, 0.2) is 0 Å². The summed E-state index contributed by atoms with van der Waals surface area (Å²) in [6, 6.07) is 4.06. The maximum absolute atomic E-state index is 9.24. The zero-order valence-electron chi connectivity index (χ0n) is 11.0. The number of nitrogens with zero attached hydrogens (tertiary/aromatic N) is 1. The van der Waals surface area contributed by atoms with Crippen LogP contribution >= 0.6 is 0 Å². The lowest BCUT2D eigenvalue weighted by atomic mass is 10.0. The molecule has 3 N–H and O–H groups in total. The molecule has 4 unspecified atom stereocenters. The van der Waals surface area contributed by atoms with E-state index < -0.39 is 0 Å². The highest BCUT2D eigenvalue weighted by atomic mass is 16.5. The number of ether oxygens (including phenoxy) is 1. The van der Waals surface area contributed by atoms with Gasteiger partial charge >= 0.3 is 0 Å². The van der Waals surface area contributed by atoms with Crippen LogP contribution in [0.15, 0.2) is 22.8 Å². The topological polar surface area (TPSA) is 71.9 Å². The van der Waals surface area contributed by atoms with Crippen LogP contribution in [0, 0.1) is 0 Å². The van der Waals surface area contributed by atoms with Crippen LogP contribution in [-0.2, 0) is 4.74 Å². The molecule has 2 rings (SSSR count). The van der Waals surface area contributed by atoms with E-state index >= 15 is 0 Å². The van der Waals surface area contributed by atoms with Gasteiger partial charge in [-0.2, -0.15) is 0 Å². The van der Waals surface area contributed by atoms with Crippen molar-refractivity contribution in [3.05, 3.63) is 24.2 Å². The fourth-order valence-electron chi connectivity index (χ4n) is 2.52. The molecule has 1 aromatic rings. The van der Waals surface area contributed by atoms with Gasteiger partial charge in [-0.1, -0.05) is 0 Å². The van der Waals surface area contributed by atoms with Crippen molar-refractivity contribution in [2.24, 2.45) is 5.73 Å². The molecule has 4 atom stereocenters. The fraction of sp³-hybridized carbons (Fsp3) is 0.692. The molecule has 0 saturated carbocycles. The molecule has 0 radical (unpaired) electrons. The Bertz CT molecular complexity index is 353. The predicted molar refractivity (Wildman–Crippen MR) is 68.1 cm³/mol. The zero-order chi connectivity index (χ0) is 13.1. The van der Waals surface area contributed by atoms with E-state index in [-0.39, 0.29) is 30.8 Å². The first-order chi connectivity index (χ1) is 8.63. The molecule has 1 saturated heterocycles. The molecule has 1 aromatic heterocycles. The molecule has 0 aliphatic carbocycles. The first kappa shape index (κ1) is 13.5. The summed E-state index contributed by atoms with van der Waals surface area (Å²) in [4.78, 5) is 2.26. The maximum atomic E-state index is 9.24. The van der Waals surface area contributed by atoms with Gasteiger partial charge in [0.1, 0.15) is 5.76 Å². The summed E-state index contributed by atoms with van der Waals surface area (Å²) in [6.45, 7) is 5.39. The molecular formula is C13H22N2O3. The van der Waals surface area contributed by atoms with Crippen LogP contribution in [-0.4, -0.2) is 48.0 Å². The lowest BCUT2D eigenvalue weighted by molar-refractivity contribution is -0.0964. The zero-order valence-corrected chi connectivity index (χ0v) is 11.0. The standard InChI is InChI=1S/C13H22N2O3/c1-9-8-18-11(7-16)6-15(9)13(10(2)14)12-4-3-5-17-12/h3-5,9-11,13,16H,6-8,14H2,1-2H3. The minimum Gasteiger partial charge on any atom is -0.468 e. The molecule has 5 heteroatoms. The molecule has 0 bridgehead atoms. The number of aliphatic hydroxyl groups excluding tert-OH is 1. The second-order valence-electron chi connectivity index (χ2n) is 5.00. The van der Waals surface area contributed by atoms with E-state index in [2.05, 4.69) is 11.8 Å². The van der Waals surface area contributed by atoms with Gasteiger partial charge in [-0.25, -0.2) is 0 Å². The van der Waals surface area contributed by atoms with E-state index in [4.69, 9.17) is 14.9 Å².